The number of carbonyl (C=O) groups is 3. The summed E-state index contributed by atoms with van der Waals surface area (Å²) in [5.74, 6) is -4.10. The minimum atomic E-state index is -1.74. The first kappa shape index (κ1) is 26.2. The van der Waals surface area contributed by atoms with E-state index in [9.17, 15) is 45.0 Å². The van der Waals surface area contributed by atoms with Crippen LogP contribution >= 0.6 is 0 Å². The summed E-state index contributed by atoms with van der Waals surface area (Å²) in [6.07, 6.45) is -6.49. The summed E-state index contributed by atoms with van der Waals surface area (Å²) in [5, 5.41) is 71.6. The van der Waals surface area contributed by atoms with E-state index < -0.39 is 73.6 Å². The Bertz CT molecular complexity index is 513. The molecular formula is C18H27N3O9-6. The topological polar surface area (TPSA) is 199 Å². The van der Waals surface area contributed by atoms with Crippen molar-refractivity contribution in [3.8, 4) is 0 Å². The molecule has 1 rings (SSSR count). The number of carboxylic acids is 3. The zero-order valence-corrected chi connectivity index (χ0v) is 17.2. The lowest BCUT2D eigenvalue weighted by Gasteiger charge is -2.66. The van der Waals surface area contributed by atoms with Crippen LogP contribution in [0.1, 0.15) is 19.3 Å². The monoisotopic (exact) mass is 429 g/mol. The van der Waals surface area contributed by atoms with Crippen LogP contribution in [0.3, 0.4) is 0 Å². The van der Waals surface area contributed by atoms with Gasteiger partial charge in [-0.05, 0) is 58.5 Å². The van der Waals surface area contributed by atoms with E-state index >= 15 is 0 Å². The van der Waals surface area contributed by atoms with E-state index in [1.807, 2.05) is 0 Å². The van der Waals surface area contributed by atoms with E-state index in [1.165, 1.54) is 35.8 Å². The Balaban J connectivity index is 3.18. The van der Waals surface area contributed by atoms with Crippen molar-refractivity contribution < 1.29 is 45.0 Å². The van der Waals surface area contributed by atoms with E-state index in [2.05, 4.69) is 0 Å². The summed E-state index contributed by atoms with van der Waals surface area (Å²) < 4.78 is 0. The van der Waals surface area contributed by atoms with E-state index in [1.54, 1.807) is 0 Å². The maximum absolute atomic E-state index is 13.1. The minimum absolute atomic E-state index is 0.154. The molecular weight excluding hydrogens is 402 g/mol. The zero-order valence-electron chi connectivity index (χ0n) is 17.2. The van der Waals surface area contributed by atoms with Gasteiger partial charge in [0.25, 0.3) is 0 Å². The van der Waals surface area contributed by atoms with Gasteiger partial charge in [0.15, 0.2) is 0 Å². The first-order valence-corrected chi connectivity index (χ1v) is 9.56. The molecule has 0 heterocycles. The fraction of sp³-hybridized carbons (Fsp3) is 0.833. The first-order chi connectivity index (χ1) is 13.9. The van der Waals surface area contributed by atoms with Crippen LogP contribution < -0.4 is 30.6 Å². The van der Waals surface area contributed by atoms with E-state index in [0.717, 1.165) is 0 Å². The van der Waals surface area contributed by atoms with Crippen LogP contribution in [0.4, 0.5) is 0 Å². The van der Waals surface area contributed by atoms with Gasteiger partial charge in [-0.2, -0.15) is 0 Å². The number of likely N-dealkylation sites (N-methyl/N-ethyl adjacent to an activating group) is 3. The number of rotatable bonds is 12. The number of aliphatic carboxylic acids is 3. The highest BCUT2D eigenvalue weighted by atomic mass is 16.4. The van der Waals surface area contributed by atoms with Crippen molar-refractivity contribution in [2.24, 2.45) is 0 Å². The lowest BCUT2D eigenvalue weighted by molar-refractivity contribution is -0.551. The molecule has 12 nitrogen and oxygen atoms in total. The van der Waals surface area contributed by atoms with E-state index in [-0.39, 0.29) is 19.6 Å². The van der Waals surface area contributed by atoms with Crippen LogP contribution in [0.5, 0.6) is 0 Å². The Labute approximate surface area is 174 Å². The van der Waals surface area contributed by atoms with Crippen molar-refractivity contribution in [3.05, 3.63) is 0 Å². The average molecular weight is 429 g/mol. The number of carbonyl (C=O) groups excluding carboxylic acids is 3. The Morgan fingerprint density at radius 2 is 0.767 bits per heavy atom. The Morgan fingerprint density at radius 1 is 0.567 bits per heavy atom. The Kier molecular flexibility index (Phi) is 10.1. The highest BCUT2D eigenvalue weighted by molar-refractivity contribution is 5.65. The van der Waals surface area contributed by atoms with Crippen LogP contribution in [-0.2, 0) is 14.4 Å². The molecule has 0 aromatic rings. The standard InChI is InChI=1S/C18H30N3O9/c1-19(7-4-10(22)23)13-16(28)14(20(2)8-5-11(24)25)18(30)15(17(13)29)21(3)9-6-12(26)27/h13-18H,4-9H2,1-3H3,(H,22,23)(H,24,25)(H,26,27)/q-3/p-3. The summed E-state index contributed by atoms with van der Waals surface area (Å²) in [4.78, 5) is 36.1. The zero-order chi connectivity index (χ0) is 23.2. The molecule has 30 heavy (non-hydrogen) atoms. The quantitative estimate of drug-likeness (QED) is 0.284. The second-order valence-electron chi connectivity index (χ2n) is 7.67. The van der Waals surface area contributed by atoms with Crippen LogP contribution in [0.15, 0.2) is 0 Å². The van der Waals surface area contributed by atoms with Crippen LogP contribution in [0.2, 0.25) is 0 Å². The number of carboxylic acid groups (broad SMARTS) is 3. The van der Waals surface area contributed by atoms with Crippen molar-refractivity contribution in [3.63, 3.8) is 0 Å². The predicted octanol–water partition coefficient (Wildman–Crippen LogP) is -8.49. The van der Waals surface area contributed by atoms with Crippen molar-refractivity contribution in [2.75, 3.05) is 40.8 Å². The largest absolute Gasteiger partial charge is 0.850 e. The minimum Gasteiger partial charge on any atom is -0.850 e. The summed E-state index contributed by atoms with van der Waals surface area (Å²) in [5.41, 5.74) is 0. The molecule has 0 aliphatic heterocycles. The molecule has 174 valence electrons. The lowest BCUT2D eigenvalue weighted by Crippen LogP contribution is -2.81. The Hall–Kier alpha value is -1.83. The van der Waals surface area contributed by atoms with Crippen LogP contribution in [-0.4, -0.2) is 110 Å². The van der Waals surface area contributed by atoms with Crippen molar-refractivity contribution in [1.82, 2.24) is 14.7 Å². The summed E-state index contributed by atoms with van der Waals surface area (Å²) in [6, 6.07) is -3.83. The third-order valence-corrected chi connectivity index (χ3v) is 5.55. The van der Waals surface area contributed by atoms with Gasteiger partial charge >= 0.3 is 0 Å². The molecule has 1 aliphatic carbocycles. The molecule has 0 aromatic carbocycles. The second-order valence-corrected chi connectivity index (χ2v) is 7.67. The molecule has 1 aliphatic rings. The fourth-order valence-corrected chi connectivity index (χ4v) is 3.92. The van der Waals surface area contributed by atoms with E-state index in [0.29, 0.717) is 0 Å². The average Bonchev–Trinajstić information content (AvgIpc) is 2.62. The van der Waals surface area contributed by atoms with Gasteiger partial charge in [0.1, 0.15) is 0 Å². The number of hydrogen-bond acceptors (Lipinski definition) is 12. The molecule has 0 radical (unpaired) electrons. The normalized spacial score (nSPS) is 29.5. The Morgan fingerprint density at radius 3 is 0.933 bits per heavy atom. The second kappa shape index (κ2) is 11.5. The third kappa shape index (κ3) is 6.86. The number of nitrogens with zero attached hydrogens (tertiary/aromatic N) is 3. The van der Waals surface area contributed by atoms with Gasteiger partial charge in [-0.15, -0.1) is 0 Å². The van der Waals surface area contributed by atoms with Crippen molar-refractivity contribution >= 4 is 17.9 Å². The predicted molar refractivity (Wildman–Crippen MR) is 89.5 cm³/mol. The molecule has 0 bridgehead atoms. The highest BCUT2D eigenvalue weighted by Gasteiger charge is 2.41. The van der Waals surface area contributed by atoms with E-state index in [4.69, 9.17) is 0 Å². The van der Waals surface area contributed by atoms with Gasteiger partial charge < -0.3 is 59.7 Å². The van der Waals surface area contributed by atoms with Crippen molar-refractivity contribution in [2.45, 2.75) is 55.7 Å². The molecule has 12 heteroatoms. The molecule has 0 aromatic heterocycles. The van der Waals surface area contributed by atoms with Gasteiger partial charge in [0, 0.05) is 37.5 Å². The molecule has 0 atom stereocenters. The fourth-order valence-electron chi connectivity index (χ4n) is 3.92. The molecule has 0 unspecified atom stereocenters. The van der Waals surface area contributed by atoms with Gasteiger partial charge in [0.05, 0.1) is 0 Å². The molecule has 0 N–H and O–H groups in total. The molecule has 0 amide bonds. The maximum Gasteiger partial charge on any atom is 0.0427 e. The summed E-state index contributed by atoms with van der Waals surface area (Å²) >= 11 is 0. The van der Waals surface area contributed by atoms with Crippen molar-refractivity contribution in [1.29, 1.82) is 0 Å². The first-order valence-electron chi connectivity index (χ1n) is 9.56. The highest BCUT2D eigenvalue weighted by Crippen LogP contribution is 2.27. The molecule has 1 fully saturated rings. The van der Waals surface area contributed by atoms with Gasteiger partial charge in [-0.3, -0.25) is 0 Å². The maximum atomic E-state index is 13.1. The van der Waals surface area contributed by atoms with Crippen LogP contribution in [0.25, 0.3) is 0 Å². The molecule has 0 spiro atoms. The van der Waals surface area contributed by atoms with Gasteiger partial charge in [-0.25, -0.2) is 0 Å². The lowest BCUT2D eigenvalue weighted by atomic mass is 9.77. The third-order valence-electron chi connectivity index (χ3n) is 5.55. The van der Waals surface area contributed by atoms with Crippen LogP contribution in [0, 0.1) is 0 Å². The molecule has 0 saturated heterocycles. The summed E-state index contributed by atoms with van der Waals surface area (Å²) in [7, 11) is 4.18. The van der Waals surface area contributed by atoms with Gasteiger partial charge in [-0.1, -0.05) is 18.3 Å². The number of hydrogen-bond donors (Lipinski definition) is 0. The molecule has 1 saturated carbocycles. The SMILES string of the molecule is CN(CCC(=O)[O-])C1C([O-])C(N(C)CCC(=O)[O-])C([O-])C(N(C)CCC(=O)[O-])C1[O-]. The smallest absolute Gasteiger partial charge is 0.0427 e. The van der Waals surface area contributed by atoms with Gasteiger partial charge in [0.2, 0.25) is 0 Å². The summed E-state index contributed by atoms with van der Waals surface area (Å²) in [6.45, 7) is -0.461.